The molecule has 0 N–H and O–H groups in total. The SMILES string of the molecule is O=C(C1CCN(c2ncnc3scc(-c4ccccc4)c23)CC1)N1CCOCC1. The molecule has 7 heteroatoms. The predicted molar refractivity (Wildman–Crippen MR) is 115 cm³/mol. The average Bonchev–Trinajstić information content (AvgIpc) is 3.24. The van der Waals surface area contributed by atoms with Crippen LogP contribution in [0, 0.1) is 5.92 Å². The van der Waals surface area contributed by atoms with Crippen molar-refractivity contribution in [2.45, 2.75) is 12.8 Å². The highest BCUT2D eigenvalue weighted by Crippen LogP contribution is 2.38. The molecule has 0 unspecified atom stereocenters. The lowest BCUT2D eigenvalue weighted by atomic mass is 9.94. The molecule has 2 saturated heterocycles. The Bertz CT molecular complexity index is 992. The number of ether oxygens (including phenoxy) is 1. The van der Waals surface area contributed by atoms with E-state index in [1.54, 1.807) is 17.7 Å². The van der Waals surface area contributed by atoms with Crippen LogP contribution < -0.4 is 4.90 Å². The van der Waals surface area contributed by atoms with E-state index in [0.717, 1.165) is 55.1 Å². The van der Waals surface area contributed by atoms with Gasteiger partial charge in [0.2, 0.25) is 5.91 Å². The van der Waals surface area contributed by atoms with Gasteiger partial charge in [-0.05, 0) is 18.4 Å². The molecule has 0 radical (unpaired) electrons. The van der Waals surface area contributed by atoms with Crippen LogP contribution in [0.1, 0.15) is 12.8 Å². The lowest BCUT2D eigenvalue weighted by Gasteiger charge is -2.36. The number of carbonyl (C=O) groups excluding carboxylic acids is 1. The molecule has 2 aliphatic heterocycles. The van der Waals surface area contributed by atoms with E-state index >= 15 is 0 Å². The van der Waals surface area contributed by atoms with Crippen LogP contribution in [0.25, 0.3) is 21.3 Å². The molecule has 0 aliphatic carbocycles. The van der Waals surface area contributed by atoms with Crippen molar-refractivity contribution in [1.82, 2.24) is 14.9 Å². The molecule has 6 nitrogen and oxygen atoms in total. The number of thiophene rings is 1. The Balaban J connectivity index is 1.37. The normalized spacial score (nSPS) is 18.3. The Morgan fingerprint density at radius 2 is 1.79 bits per heavy atom. The van der Waals surface area contributed by atoms with Gasteiger partial charge in [-0.3, -0.25) is 4.79 Å². The van der Waals surface area contributed by atoms with Crippen molar-refractivity contribution in [1.29, 1.82) is 0 Å². The van der Waals surface area contributed by atoms with Gasteiger partial charge in [0.15, 0.2) is 0 Å². The van der Waals surface area contributed by atoms with E-state index in [0.29, 0.717) is 19.1 Å². The van der Waals surface area contributed by atoms with Crippen molar-refractivity contribution in [2.75, 3.05) is 44.3 Å². The first-order chi connectivity index (χ1) is 14.3. The molecule has 2 aliphatic rings. The number of fused-ring (bicyclic) bond motifs is 1. The van der Waals surface area contributed by atoms with Crippen LogP contribution in [0.2, 0.25) is 0 Å². The molecule has 5 rings (SSSR count). The van der Waals surface area contributed by atoms with E-state index in [1.807, 2.05) is 11.0 Å². The van der Waals surface area contributed by atoms with Crippen molar-refractivity contribution < 1.29 is 9.53 Å². The topological polar surface area (TPSA) is 58.6 Å². The van der Waals surface area contributed by atoms with Crippen LogP contribution in [0.5, 0.6) is 0 Å². The van der Waals surface area contributed by atoms with Gasteiger partial charge in [-0.1, -0.05) is 30.3 Å². The lowest BCUT2D eigenvalue weighted by Crippen LogP contribution is -2.47. The van der Waals surface area contributed by atoms with Gasteiger partial charge in [0.1, 0.15) is 17.0 Å². The fraction of sp³-hybridized carbons (Fsp3) is 0.409. The van der Waals surface area contributed by atoms with Gasteiger partial charge in [0, 0.05) is 43.0 Å². The van der Waals surface area contributed by atoms with Crippen LogP contribution in [-0.2, 0) is 9.53 Å². The van der Waals surface area contributed by atoms with Gasteiger partial charge >= 0.3 is 0 Å². The summed E-state index contributed by atoms with van der Waals surface area (Å²) in [5.74, 6) is 1.39. The standard InChI is InChI=1S/C22H24N4O2S/c27-22(26-10-12-28-13-11-26)17-6-8-25(9-7-17)20-19-18(16-4-2-1-3-5-16)14-29-21(19)24-15-23-20/h1-5,14-15,17H,6-13H2. The number of amides is 1. The van der Waals surface area contributed by atoms with Crippen molar-refractivity contribution in [3.8, 4) is 11.1 Å². The number of hydrogen-bond acceptors (Lipinski definition) is 6. The minimum Gasteiger partial charge on any atom is -0.378 e. The molecule has 0 atom stereocenters. The number of hydrogen-bond donors (Lipinski definition) is 0. The zero-order valence-corrected chi connectivity index (χ0v) is 17.1. The second-order valence-corrected chi connectivity index (χ2v) is 8.45. The summed E-state index contributed by atoms with van der Waals surface area (Å²) >= 11 is 1.66. The number of morpholine rings is 1. The maximum Gasteiger partial charge on any atom is 0.225 e. The minimum absolute atomic E-state index is 0.109. The van der Waals surface area contributed by atoms with Gasteiger partial charge in [-0.2, -0.15) is 0 Å². The van der Waals surface area contributed by atoms with Gasteiger partial charge in [0.05, 0.1) is 18.6 Å². The first-order valence-electron chi connectivity index (χ1n) is 10.2. The Morgan fingerprint density at radius 1 is 1.03 bits per heavy atom. The second kappa shape index (κ2) is 8.08. The number of anilines is 1. The molecular weight excluding hydrogens is 384 g/mol. The summed E-state index contributed by atoms with van der Waals surface area (Å²) in [7, 11) is 0. The third-order valence-electron chi connectivity index (χ3n) is 5.90. The smallest absolute Gasteiger partial charge is 0.225 e. The second-order valence-electron chi connectivity index (χ2n) is 7.59. The van der Waals surface area contributed by atoms with Crippen LogP contribution in [-0.4, -0.2) is 60.2 Å². The third-order valence-corrected chi connectivity index (χ3v) is 6.79. The highest BCUT2D eigenvalue weighted by atomic mass is 32.1. The molecule has 2 fully saturated rings. The fourth-order valence-corrected chi connectivity index (χ4v) is 5.22. The molecule has 3 aromatic rings. The largest absolute Gasteiger partial charge is 0.378 e. The highest BCUT2D eigenvalue weighted by molar-refractivity contribution is 7.17. The number of carbonyl (C=O) groups is 1. The molecule has 1 amide bonds. The Labute approximate surface area is 174 Å². The summed E-state index contributed by atoms with van der Waals surface area (Å²) in [5.41, 5.74) is 2.37. The van der Waals surface area contributed by atoms with Gasteiger partial charge in [-0.25, -0.2) is 9.97 Å². The molecule has 1 aromatic carbocycles. The minimum atomic E-state index is 0.109. The summed E-state index contributed by atoms with van der Waals surface area (Å²) < 4.78 is 5.38. The van der Waals surface area contributed by atoms with E-state index in [9.17, 15) is 4.79 Å². The van der Waals surface area contributed by atoms with E-state index in [1.165, 1.54) is 11.1 Å². The monoisotopic (exact) mass is 408 g/mol. The van der Waals surface area contributed by atoms with Crippen LogP contribution >= 0.6 is 11.3 Å². The predicted octanol–water partition coefficient (Wildman–Crippen LogP) is 3.43. The number of nitrogens with zero attached hydrogens (tertiary/aromatic N) is 4. The Kier molecular flexibility index (Phi) is 5.16. The van der Waals surface area contributed by atoms with Crippen LogP contribution in [0.3, 0.4) is 0 Å². The average molecular weight is 409 g/mol. The summed E-state index contributed by atoms with van der Waals surface area (Å²) in [6.07, 6.45) is 3.40. The quantitative estimate of drug-likeness (QED) is 0.665. The molecule has 4 heterocycles. The third kappa shape index (κ3) is 3.60. The number of aromatic nitrogens is 2. The molecule has 2 aromatic heterocycles. The molecule has 29 heavy (non-hydrogen) atoms. The molecule has 0 spiro atoms. The summed E-state index contributed by atoms with van der Waals surface area (Å²) in [6, 6.07) is 10.4. The number of piperidine rings is 1. The highest BCUT2D eigenvalue weighted by Gasteiger charge is 2.30. The van der Waals surface area contributed by atoms with Gasteiger partial charge in [0.25, 0.3) is 0 Å². The maximum absolute atomic E-state index is 12.8. The zero-order chi connectivity index (χ0) is 19.6. The van der Waals surface area contributed by atoms with Crippen molar-refractivity contribution in [3.63, 3.8) is 0 Å². The van der Waals surface area contributed by atoms with E-state index in [2.05, 4.69) is 44.5 Å². The molecule has 0 saturated carbocycles. The van der Waals surface area contributed by atoms with Crippen molar-refractivity contribution in [2.24, 2.45) is 5.92 Å². The zero-order valence-electron chi connectivity index (χ0n) is 16.3. The van der Waals surface area contributed by atoms with Crippen molar-refractivity contribution in [3.05, 3.63) is 42.0 Å². The van der Waals surface area contributed by atoms with Crippen molar-refractivity contribution >= 4 is 33.3 Å². The van der Waals surface area contributed by atoms with Gasteiger partial charge in [-0.15, -0.1) is 11.3 Å². The molecule has 150 valence electrons. The van der Waals surface area contributed by atoms with E-state index in [4.69, 9.17) is 4.74 Å². The lowest BCUT2D eigenvalue weighted by molar-refractivity contribution is -0.140. The van der Waals surface area contributed by atoms with Crippen LogP contribution in [0.15, 0.2) is 42.0 Å². The fourth-order valence-electron chi connectivity index (χ4n) is 4.31. The summed E-state index contributed by atoms with van der Waals surface area (Å²) in [5, 5.41) is 3.30. The number of rotatable bonds is 3. The molecular formula is C22H24N4O2S. The van der Waals surface area contributed by atoms with E-state index < -0.39 is 0 Å². The number of benzene rings is 1. The van der Waals surface area contributed by atoms with E-state index in [-0.39, 0.29) is 5.92 Å². The van der Waals surface area contributed by atoms with Gasteiger partial charge < -0.3 is 14.5 Å². The Hall–Kier alpha value is -2.51. The maximum atomic E-state index is 12.8. The Morgan fingerprint density at radius 3 is 2.55 bits per heavy atom. The first kappa shape index (κ1) is 18.5. The summed E-state index contributed by atoms with van der Waals surface area (Å²) in [4.78, 5) is 27.3. The molecule has 0 bridgehead atoms. The van der Waals surface area contributed by atoms with Crippen LogP contribution in [0.4, 0.5) is 5.82 Å². The summed E-state index contributed by atoms with van der Waals surface area (Å²) in [6.45, 7) is 4.45. The first-order valence-corrected chi connectivity index (χ1v) is 11.1.